The number of hydrogen-bond acceptors (Lipinski definition) is 1. The van der Waals surface area contributed by atoms with Crippen LogP contribution < -0.4 is 0 Å². The summed E-state index contributed by atoms with van der Waals surface area (Å²) in [6.07, 6.45) is 0.452. The average molecular weight is 217 g/mol. The molecule has 1 nitrogen and oxygen atoms in total. The van der Waals surface area contributed by atoms with Crippen LogP contribution in [0.3, 0.4) is 0 Å². The van der Waals surface area contributed by atoms with Crippen molar-refractivity contribution in [3.8, 4) is 0 Å². The van der Waals surface area contributed by atoms with E-state index in [2.05, 4.69) is 0 Å². The molecule has 0 fully saturated rings. The summed E-state index contributed by atoms with van der Waals surface area (Å²) in [6, 6.07) is 5.33. The SMILES string of the molecule is CCC(=O)c1c(Cl)cccc1CCl. The summed E-state index contributed by atoms with van der Waals surface area (Å²) < 4.78 is 0. The van der Waals surface area contributed by atoms with E-state index >= 15 is 0 Å². The number of alkyl halides is 1. The van der Waals surface area contributed by atoms with Crippen molar-refractivity contribution in [2.45, 2.75) is 19.2 Å². The summed E-state index contributed by atoms with van der Waals surface area (Å²) >= 11 is 11.6. The van der Waals surface area contributed by atoms with E-state index in [1.54, 1.807) is 12.1 Å². The molecule has 1 aromatic rings. The van der Waals surface area contributed by atoms with Crippen molar-refractivity contribution in [2.24, 2.45) is 0 Å². The monoisotopic (exact) mass is 216 g/mol. The second-order valence-electron chi connectivity index (χ2n) is 2.68. The molecule has 0 N–H and O–H groups in total. The highest BCUT2D eigenvalue weighted by atomic mass is 35.5. The number of rotatable bonds is 3. The number of carbonyl (C=O) groups is 1. The first-order chi connectivity index (χ1) is 6.20. The van der Waals surface area contributed by atoms with Gasteiger partial charge in [0.1, 0.15) is 0 Å². The van der Waals surface area contributed by atoms with Crippen LogP contribution in [0, 0.1) is 0 Å². The molecule has 3 heteroatoms. The van der Waals surface area contributed by atoms with Crippen molar-refractivity contribution in [1.29, 1.82) is 0 Å². The Balaban J connectivity index is 3.22. The van der Waals surface area contributed by atoms with Crippen molar-refractivity contribution in [1.82, 2.24) is 0 Å². The van der Waals surface area contributed by atoms with Crippen molar-refractivity contribution in [3.63, 3.8) is 0 Å². The third-order valence-electron chi connectivity index (χ3n) is 1.84. The summed E-state index contributed by atoms with van der Waals surface area (Å²) in [4.78, 5) is 11.5. The van der Waals surface area contributed by atoms with E-state index in [0.29, 0.717) is 22.9 Å². The molecule has 0 radical (unpaired) electrons. The predicted molar refractivity (Wildman–Crippen MR) is 55.6 cm³/mol. The molecule has 0 unspecified atom stereocenters. The van der Waals surface area contributed by atoms with Crippen LogP contribution in [0.1, 0.15) is 29.3 Å². The maximum Gasteiger partial charge on any atom is 0.164 e. The lowest BCUT2D eigenvalue weighted by Crippen LogP contribution is -2.02. The molecule has 13 heavy (non-hydrogen) atoms. The lowest BCUT2D eigenvalue weighted by Gasteiger charge is -2.06. The topological polar surface area (TPSA) is 17.1 Å². The summed E-state index contributed by atoms with van der Waals surface area (Å²) in [5.41, 5.74) is 1.38. The standard InChI is InChI=1S/C10H10Cl2O/c1-2-9(13)10-7(6-11)4-3-5-8(10)12/h3-5H,2,6H2,1H3. The number of carbonyl (C=O) groups excluding carboxylic acids is 1. The Morgan fingerprint density at radius 2 is 2.15 bits per heavy atom. The van der Waals surface area contributed by atoms with E-state index in [1.165, 1.54) is 0 Å². The van der Waals surface area contributed by atoms with Gasteiger partial charge in [-0.05, 0) is 11.6 Å². The van der Waals surface area contributed by atoms with Crippen LogP contribution >= 0.6 is 23.2 Å². The van der Waals surface area contributed by atoms with Gasteiger partial charge in [-0.1, -0.05) is 30.7 Å². The van der Waals surface area contributed by atoms with Gasteiger partial charge in [-0.15, -0.1) is 11.6 Å². The van der Waals surface area contributed by atoms with Crippen LogP contribution in [0.25, 0.3) is 0 Å². The highest BCUT2D eigenvalue weighted by Gasteiger charge is 2.12. The van der Waals surface area contributed by atoms with Gasteiger partial charge in [-0.2, -0.15) is 0 Å². The molecular weight excluding hydrogens is 207 g/mol. The predicted octanol–water partition coefficient (Wildman–Crippen LogP) is 3.67. The number of halogens is 2. The summed E-state index contributed by atoms with van der Waals surface area (Å²) in [5, 5.41) is 0.491. The van der Waals surface area contributed by atoms with Gasteiger partial charge in [-0.3, -0.25) is 4.79 Å². The van der Waals surface area contributed by atoms with E-state index in [4.69, 9.17) is 23.2 Å². The van der Waals surface area contributed by atoms with E-state index < -0.39 is 0 Å². The maximum atomic E-state index is 11.5. The van der Waals surface area contributed by atoms with E-state index in [-0.39, 0.29) is 5.78 Å². The first-order valence-corrected chi connectivity index (χ1v) is 4.98. The lowest BCUT2D eigenvalue weighted by molar-refractivity contribution is 0.0987. The second kappa shape index (κ2) is 4.64. The molecular formula is C10H10Cl2O. The van der Waals surface area contributed by atoms with Crippen LogP contribution in [0.4, 0.5) is 0 Å². The molecule has 1 aromatic carbocycles. The third-order valence-corrected chi connectivity index (χ3v) is 2.45. The maximum absolute atomic E-state index is 11.5. The Bertz CT molecular complexity index is 321. The third kappa shape index (κ3) is 2.23. The minimum atomic E-state index is 0.0428. The molecule has 0 saturated carbocycles. The second-order valence-corrected chi connectivity index (χ2v) is 3.36. The quantitative estimate of drug-likeness (QED) is 0.557. The molecule has 0 bridgehead atoms. The number of hydrogen-bond donors (Lipinski definition) is 0. The Kier molecular flexibility index (Phi) is 3.76. The Morgan fingerprint density at radius 1 is 1.46 bits per heavy atom. The van der Waals surface area contributed by atoms with Crippen molar-refractivity contribution in [3.05, 3.63) is 34.3 Å². The Labute approximate surface area is 87.7 Å². The van der Waals surface area contributed by atoms with Gasteiger partial charge >= 0.3 is 0 Å². The lowest BCUT2D eigenvalue weighted by atomic mass is 10.0. The zero-order valence-corrected chi connectivity index (χ0v) is 8.82. The molecule has 0 aliphatic rings. The fourth-order valence-corrected chi connectivity index (χ4v) is 1.69. The average Bonchev–Trinajstić information content (AvgIpc) is 2.16. The van der Waals surface area contributed by atoms with Crippen LogP contribution in [0.5, 0.6) is 0 Å². The van der Waals surface area contributed by atoms with Gasteiger partial charge in [-0.25, -0.2) is 0 Å². The van der Waals surface area contributed by atoms with E-state index in [0.717, 1.165) is 5.56 Å². The van der Waals surface area contributed by atoms with Crippen molar-refractivity contribution >= 4 is 29.0 Å². The molecule has 0 aliphatic heterocycles. The molecule has 0 heterocycles. The molecule has 1 rings (SSSR count). The van der Waals surface area contributed by atoms with Gasteiger partial charge in [0, 0.05) is 17.9 Å². The van der Waals surface area contributed by atoms with Gasteiger partial charge < -0.3 is 0 Å². The van der Waals surface area contributed by atoms with Crippen LogP contribution in [0.2, 0.25) is 5.02 Å². The molecule has 70 valence electrons. The fourth-order valence-electron chi connectivity index (χ4n) is 1.17. The highest BCUT2D eigenvalue weighted by molar-refractivity contribution is 6.34. The first kappa shape index (κ1) is 10.6. The van der Waals surface area contributed by atoms with Gasteiger partial charge in [0.2, 0.25) is 0 Å². The molecule has 0 aliphatic carbocycles. The summed E-state index contributed by atoms with van der Waals surface area (Å²) in [6.45, 7) is 1.81. The molecule has 0 amide bonds. The largest absolute Gasteiger partial charge is 0.294 e. The zero-order valence-electron chi connectivity index (χ0n) is 7.31. The van der Waals surface area contributed by atoms with Gasteiger partial charge in [0.15, 0.2) is 5.78 Å². The van der Waals surface area contributed by atoms with E-state index in [1.807, 2.05) is 13.0 Å². The van der Waals surface area contributed by atoms with Crippen LogP contribution in [0.15, 0.2) is 18.2 Å². The Hall–Kier alpha value is -0.530. The van der Waals surface area contributed by atoms with Gasteiger partial charge in [0.05, 0.1) is 5.02 Å². The zero-order chi connectivity index (χ0) is 9.84. The molecule has 0 atom stereocenters. The van der Waals surface area contributed by atoms with Crippen LogP contribution in [-0.4, -0.2) is 5.78 Å². The van der Waals surface area contributed by atoms with E-state index in [9.17, 15) is 4.79 Å². The fraction of sp³-hybridized carbons (Fsp3) is 0.300. The highest BCUT2D eigenvalue weighted by Crippen LogP contribution is 2.22. The minimum Gasteiger partial charge on any atom is -0.294 e. The summed E-state index contributed by atoms with van der Waals surface area (Å²) in [5.74, 6) is 0.364. The van der Waals surface area contributed by atoms with Crippen molar-refractivity contribution in [2.75, 3.05) is 0 Å². The number of benzene rings is 1. The first-order valence-electron chi connectivity index (χ1n) is 4.07. The number of ketones is 1. The molecule has 0 spiro atoms. The molecule has 0 aromatic heterocycles. The summed E-state index contributed by atoms with van der Waals surface area (Å²) in [7, 11) is 0. The Morgan fingerprint density at radius 3 is 2.69 bits per heavy atom. The smallest absolute Gasteiger partial charge is 0.164 e. The minimum absolute atomic E-state index is 0.0428. The normalized spacial score (nSPS) is 10.1. The van der Waals surface area contributed by atoms with Crippen molar-refractivity contribution < 1.29 is 4.79 Å². The molecule has 0 saturated heterocycles. The van der Waals surface area contributed by atoms with Crippen LogP contribution in [-0.2, 0) is 5.88 Å². The van der Waals surface area contributed by atoms with Gasteiger partial charge in [0.25, 0.3) is 0 Å². The number of Topliss-reactive ketones (excluding diaryl/α,β-unsaturated/α-hetero) is 1.